The average molecular weight is 362 g/mol. The first-order valence-corrected chi connectivity index (χ1v) is 7.46. The van der Waals surface area contributed by atoms with Gasteiger partial charge in [-0.1, -0.05) is 39.7 Å². The Morgan fingerprint density at radius 3 is 2.52 bits per heavy atom. The minimum Gasteiger partial charge on any atom is -0.464 e. The van der Waals surface area contributed by atoms with Crippen LogP contribution in [0.1, 0.15) is 15.9 Å². The van der Waals surface area contributed by atoms with Crippen molar-refractivity contribution in [3.8, 4) is 11.3 Å². The first-order valence-electron chi connectivity index (χ1n) is 6.29. The summed E-state index contributed by atoms with van der Waals surface area (Å²) >= 11 is 9.53. The summed E-state index contributed by atoms with van der Waals surface area (Å²) in [6.07, 6.45) is 1.58. The van der Waals surface area contributed by atoms with Crippen molar-refractivity contribution >= 4 is 33.3 Å². The van der Waals surface area contributed by atoms with Crippen LogP contribution < -0.4 is 0 Å². The molecule has 0 aliphatic rings. The molecule has 0 saturated carbocycles. The molecule has 0 N–H and O–H groups in total. The number of carbonyl (C=O) groups excluding carboxylic acids is 1. The van der Waals surface area contributed by atoms with Gasteiger partial charge >= 0.3 is 0 Å². The largest absolute Gasteiger partial charge is 0.464 e. The molecule has 1 heterocycles. The van der Waals surface area contributed by atoms with E-state index in [0.29, 0.717) is 21.9 Å². The summed E-state index contributed by atoms with van der Waals surface area (Å²) in [5, 5.41) is 0.438. The third-order valence-corrected chi connectivity index (χ3v) is 3.95. The molecule has 0 radical (unpaired) electrons. The summed E-state index contributed by atoms with van der Waals surface area (Å²) in [6, 6.07) is 16.2. The Balaban J connectivity index is 2.16. The van der Waals surface area contributed by atoms with Gasteiger partial charge in [-0.15, -0.1) is 0 Å². The van der Waals surface area contributed by atoms with E-state index in [9.17, 15) is 4.79 Å². The highest BCUT2D eigenvalue weighted by Gasteiger charge is 2.18. The molecule has 0 unspecified atom stereocenters. The lowest BCUT2D eigenvalue weighted by Gasteiger charge is -2.09. The number of halogens is 2. The minimum atomic E-state index is -0.131. The molecule has 0 spiro atoms. The lowest BCUT2D eigenvalue weighted by atomic mass is 9.97. The van der Waals surface area contributed by atoms with Crippen molar-refractivity contribution < 1.29 is 9.21 Å². The van der Waals surface area contributed by atoms with Gasteiger partial charge in [-0.2, -0.15) is 0 Å². The zero-order chi connectivity index (χ0) is 14.8. The van der Waals surface area contributed by atoms with Gasteiger partial charge in [0.05, 0.1) is 11.3 Å². The van der Waals surface area contributed by atoms with Crippen molar-refractivity contribution in [2.24, 2.45) is 0 Å². The molecule has 21 heavy (non-hydrogen) atoms. The highest BCUT2D eigenvalue weighted by atomic mass is 79.9. The Bertz CT molecular complexity index is 794. The van der Waals surface area contributed by atoms with Crippen LogP contribution in [0, 0.1) is 0 Å². The summed E-state index contributed by atoms with van der Waals surface area (Å²) in [4.78, 5) is 12.8. The summed E-state index contributed by atoms with van der Waals surface area (Å²) in [6.45, 7) is 0. The third kappa shape index (κ3) is 2.80. The van der Waals surface area contributed by atoms with Gasteiger partial charge in [-0.25, -0.2) is 0 Å². The second-order valence-electron chi connectivity index (χ2n) is 4.48. The van der Waals surface area contributed by atoms with Crippen LogP contribution in [-0.4, -0.2) is 5.78 Å². The van der Waals surface area contributed by atoms with E-state index >= 15 is 0 Å². The summed E-state index contributed by atoms with van der Waals surface area (Å²) in [5.41, 5.74) is 1.77. The number of benzene rings is 2. The smallest absolute Gasteiger partial charge is 0.195 e. The van der Waals surface area contributed by atoms with Crippen LogP contribution in [0.2, 0.25) is 5.02 Å². The van der Waals surface area contributed by atoms with E-state index in [1.807, 2.05) is 18.2 Å². The molecule has 1 aromatic heterocycles. The lowest BCUT2D eigenvalue weighted by Crippen LogP contribution is -2.04. The van der Waals surface area contributed by atoms with Gasteiger partial charge in [0.25, 0.3) is 0 Å². The molecule has 0 atom stereocenters. The first kappa shape index (κ1) is 14.1. The molecular formula is C17H10BrClO2. The Morgan fingerprint density at radius 1 is 1.00 bits per heavy atom. The van der Waals surface area contributed by atoms with E-state index in [4.69, 9.17) is 16.0 Å². The van der Waals surface area contributed by atoms with Gasteiger partial charge in [-0.05, 0) is 42.5 Å². The number of hydrogen-bond donors (Lipinski definition) is 0. The molecule has 2 aromatic carbocycles. The molecule has 0 fully saturated rings. The highest BCUT2D eigenvalue weighted by molar-refractivity contribution is 9.10. The number of furan rings is 1. The van der Waals surface area contributed by atoms with Crippen molar-refractivity contribution in [1.82, 2.24) is 0 Å². The van der Waals surface area contributed by atoms with Crippen LogP contribution in [0.15, 0.2) is 69.8 Å². The van der Waals surface area contributed by atoms with Crippen molar-refractivity contribution in [2.45, 2.75) is 0 Å². The normalized spacial score (nSPS) is 10.6. The van der Waals surface area contributed by atoms with Crippen LogP contribution in [0.25, 0.3) is 11.3 Å². The number of carbonyl (C=O) groups is 1. The summed E-state index contributed by atoms with van der Waals surface area (Å²) in [7, 11) is 0. The monoisotopic (exact) mass is 360 g/mol. The molecule has 0 aliphatic carbocycles. The fourth-order valence-electron chi connectivity index (χ4n) is 2.14. The predicted molar refractivity (Wildman–Crippen MR) is 86.7 cm³/mol. The molecular weight excluding hydrogens is 352 g/mol. The van der Waals surface area contributed by atoms with Crippen molar-refractivity contribution in [3.63, 3.8) is 0 Å². The Morgan fingerprint density at radius 2 is 1.81 bits per heavy atom. The van der Waals surface area contributed by atoms with Gasteiger partial charge in [0.1, 0.15) is 5.76 Å². The Labute approximate surface area is 135 Å². The quantitative estimate of drug-likeness (QED) is 0.569. The van der Waals surface area contributed by atoms with Gasteiger partial charge in [-0.3, -0.25) is 4.79 Å². The zero-order valence-corrected chi connectivity index (χ0v) is 13.2. The molecule has 3 rings (SSSR count). The van der Waals surface area contributed by atoms with E-state index in [1.165, 1.54) is 0 Å². The molecule has 2 nitrogen and oxygen atoms in total. The Kier molecular flexibility index (Phi) is 3.95. The highest BCUT2D eigenvalue weighted by Crippen LogP contribution is 2.30. The fourth-order valence-corrected chi connectivity index (χ4v) is 2.72. The Hall–Kier alpha value is -1.84. The first-order chi connectivity index (χ1) is 10.2. The SMILES string of the molecule is O=C(c1ccccc1Cl)c1cc(Br)ccc1-c1ccco1. The topological polar surface area (TPSA) is 30.2 Å². The summed E-state index contributed by atoms with van der Waals surface area (Å²) < 4.78 is 6.24. The van der Waals surface area contributed by atoms with Gasteiger partial charge in [0, 0.05) is 21.2 Å². The van der Waals surface area contributed by atoms with Gasteiger partial charge < -0.3 is 4.42 Å². The number of rotatable bonds is 3. The van der Waals surface area contributed by atoms with Crippen molar-refractivity contribution in [3.05, 3.63) is 81.5 Å². The van der Waals surface area contributed by atoms with Crippen LogP contribution in [0.4, 0.5) is 0 Å². The average Bonchev–Trinajstić information content (AvgIpc) is 3.01. The van der Waals surface area contributed by atoms with Crippen molar-refractivity contribution in [1.29, 1.82) is 0 Å². The van der Waals surface area contributed by atoms with Crippen LogP contribution in [0.5, 0.6) is 0 Å². The maximum atomic E-state index is 12.8. The molecule has 0 amide bonds. The van der Waals surface area contributed by atoms with Gasteiger partial charge in [0.15, 0.2) is 5.78 Å². The predicted octanol–water partition coefficient (Wildman–Crippen LogP) is 5.59. The van der Waals surface area contributed by atoms with E-state index in [2.05, 4.69) is 15.9 Å². The van der Waals surface area contributed by atoms with E-state index in [0.717, 1.165) is 10.0 Å². The molecule has 0 saturated heterocycles. The molecule has 0 bridgehead atoms. The van der Waals surface area contributed by atoms with Gasteiger partial charge in [0.2, 0.25) is 0 Å². The number of hydrogen-bond acceptors (Lipinski definition) is 2. The number of ketones is 1. The van der Waals surface area contributed by atoms with Crippen LogP contribution in [-0.2, 0) is 0 Å². The van der Waals surface area contributed by atoms with Crippen LogP contribution >= 0.6 is 27.5 Å². The fraction of sp³-hybridized carbons (Fsp3) is 0. The minimum absolute atomic E-state index is 0.131. The second-order valence-corrected chi connectivity index (χ2v) is 5.80. The maximum absolute atomic E-state index is 12.8. The van der Waals surface area contributed by atoms with E-state index in [-0.39, 0.29) is 5.78 Å². The van der Waals surface area contributed by atoms with Crippen molar-refractivity contribution in [2.75, 3.05) is 0 Å². The maximum Gasteiger partial charge on any atom is 0.195 e. The zero-order valence-electron chi connectivity index (χ0n) is 10.8. The molecule has 104 valence electrons. The molecule has 3 aromatic rings. The van der Waals surface area contributed by atoms with Crippen LogP contribution in [0.3, 0.4) is 0 Å². The summed E-state index contributed by atoms with van der Waals surface area (Å²) in [5.74, 6) is 0.520. The second kappa shape index (κ2) is 5.88. The van der Waals surface area contributed by atoms with E-state index < -0.39 is 0 Å². The standard InChI is InChI=1S/C17H10BrClO2/c18-11-7-8-12(16-6-3-9-21-16)14(10-11)17(20)13-4-1-2-5-15(13)19/h1-10H. The lowest BCUT2D eigenvalue weighted by molar-refractivity contribution is 0.103. The molecule has 0 aliphatic heterocycles. The third-order valence-electron chi connectivity index (χ3n) is 3.13. The van der Waals surface area contributed by atoms with E-state index in [1.54, 1.807) is 42.7 Å². The molecule has 4 heteroatoms.